The van der Waals surface area contributed by atoms with Gasteiger partial charge in [0.1, 0.15) is 12.4 Å². The fourth-order valence-corrected chi connectivity index (χ4v) is 1.60. The maximum absolute atomic E-state index is 13.5. The molecule has 0 heterocycles. The summed E-state index contributed by atoms with van der Waals surface area (Å²) in [5.74, 6) is -0.837. The van der Waals surface area contributed by atoms with E-state index >= 15 is 0 Å². The Balaban J connectivity index is 2.19. The SMILES string of the molecule is Cc1ccc(F)c(OCc2c(N)cccc2F)c1. The Labute approximate surface area is 104 Å². The lowest BCUT2D eigenvalue weighted by Crippen LogP contribution is -2.04. The summed E-state index contributed by atoms with van der Waals surface area (Å²) in [6.07, 6.45) is 0. The lowest BCUT2D eigenvalue weighted by Gasteiger charge is -2.10. The molecule has 0 saturated heterocycles. The minimum atomic E-state index is -0.476. The molecule has 94 valence electrons. The Kier molecular flexibility index (Phi) is 3.46. The number of nitrogens with two attached hydrogens (primary N) is 1. The van der Waals surface area contributed by atoms with Crippen LogP contribution in [0.4, 0.5) is 14.5 Å². The van der Waals surface area contributed by atoms with Gasteiger partial charge in [-0.25, -0.2) is 8.78 Å². The van der Waals surface area contributed by atoms with Gasteiger partial charge < -0.3 is 10.5 Å². The summed E-state index contributed by atoms with van der Waals surface area (Å²) in [6.45, 7) is 1.72. The number of hydrogen-bond donors (Lipinski definition) is 1. The van der Waals surface area contributed by atoms with Crippen LogP contribution in [-0.2, 0) is 6.61 Å². The van der Waals surface area contributed by atoms with Gasteiger partial charge in [0.05, 0.1) is 0 Å². The molecule has 4 heteroatoms. The van der Waals surface area contributed by atoms with Crippen LogP contribution in [0.25, 0.3) is 0 Å². The molecule has 0 amide bonds. The molecule has 2 rings (SSSR count). The van der Waals surface area contributed by atoms with E-state index < -0.39 is 11.6 Å². The van der Waals surface area contributed by atoms with Crippen LogP contribution in [0.15, 0.2) is 36.4 Å². The number of benzene rings is 2. The van der Waals surface area contributed by atoms with Crippen molar-refractivity contribution in [1.29, 1.82) is 0 Å². The van der Waals surface area contributed by atoms with Crippen LogP contribution in [0, 0.1) is 18.6 Å². The number of anilines is 1. The Morgan fingerprint density at radius 1 is 1.11 bits per heavy atom. The number of aryl methyl sites for hydroxylation is 1. The number of nitrogen functional groups attached to an aromatic ring is 1. The highest BCUT2D eigenvalue weighted by Crippen LogP contribution is 2.22. The maximum atomic E-state index is 13.5. The molecule has 0 spiro atoms. The second-order valence-corrected chi connectivity index (χ2v) is 4.03. The molecular weight excluding hydrogens is 236 g/mol. The topological polar surface area (TPSA) is 35.2 Å². The monoisotopic (exact) mass is 249 g/mol. The second-order valence-electron chi connectivity index (χ2n) is 4.03. The van der Waals surface area contributed by atoms with Crippen molar-refractivity contribution in [3.63, 3.8) is 0 Å². The van der Waals surface area contributed by atoms with Gasteiger partial charge in [-0.1, -0.05) is 12.1 Å². The smallest absolute Gasteiger partial charge is 0.165 e. The van der Waals surface area contributed by atoms with Crippen LogP contribution >= 0.6 is 0 Å². The molecule has 2 aromatic rings. The van der Waals surface area contributed by atoms with Crippen LogP contribution in [-0.4, -0.2) is 0 Å². The van der Waals surface area contributed by atoms with Gasteiger partial charge >= 0.3 is 0 Å². The van der Waals surface area contributed by atoms with Gasteiger partial charge in [-0.15, -0.1) is 0 Å². The summed E-state index contributed by atoms with van der Waals surface area (Å²) in [5, 5.41) is 0. The Hall–Kier alpha value is -2.10. The normalized spacial score (nSPS) is 10.4. The molecule has 0 aliphatic carbocycles. The predicted octanol–water partition coefficient (Wildman–Crippen LogP) is 3.43. The van der Waals surface area contributed by atoms with Crippen LogP contribution in [0.1, 0.15) is 11.1 Å². The predicted molar refractivity (Wildman–Crippen MR) is 66.3 cm³/mol. The highest BCUT2D eigenvalue weighted by Gasteiger charge is 2.09. The minimum absolute atomic E-state index is 0.0950. The fraction of sp³-hybridized carbons (Fsp3) is 0.143. The summed E-state index contributed by atoms with van der Waals surface area (Å²) in [5.41, 5.74) is 7.04. The minimum Gasteiger partial charge on any atom is -0.486 e. The lowest BCUT2D eigenvalue weighted by molar-refractivity contribution is 0.285. The largest absolute Gasteiger partial charge is 0.486 e. The molecule has 0 radical (unpaired) electrons. The lowest BCUT2D eigenvalue weighted by atomic mass is 10.2. The van der Waals surface area contributed by atoms with Crippen LogP contribution in [0.2, 0.25) is 0 Å². The zero-order chi connectivity index (χ0) is 13.1. The summed E-state index contributed by atoms with van der Waals surface area (Å²) >= 11 is 0. The van der Waals surface area contributed by atoms with E-state index in [0.29, 0.717) is 5.69 Å². The average Bonchev–Trinajstić information content (AvgIpc) is 2.33. The van der Waals surface area contributed by atoms with E-state index in [1.54, 1.807) is 18.2 Å². The molecule has 2 nitrogen and oxygen atoms in total. The average molecular weight is 249 g/mol. The molecule has 0 fully saturated rings. The van der Waals surface area contributed by atoms with Gasteiger partial charge in [0.25, 0.3) is 0 Å². The number of halogens is 2. The van der Waals surface area contributed by atoms with Crippen molar-refractivity contribution in [3.05, 3.63) is 59.2 Å². The Morgan fingerprint density at radius 3 is 2.61 bits per heavy atom. The highest BCUT2D eigenvalue weighted by atomic mass is 19.1. The van der Waals surface area contributed by atoms with Crippen molar-refractivity contribution < 1.29 is 13.5 Å². The van der Waals surface area contributed by atoms with E-state index in [1.807, 2.05) is 6.92 Å². The van der Waals surface area contributed by atoms with E-state index in [0.717, 1.165) is 5.56 Å². The molecule has 0 atom stereocenters. The van der Waals surface area contributed by atoms with E-state index in [4.69, 9.17) is 10.5 Å². The van der Waals surface area contributed by atoms with E-state index in [1.165, 1.54) is 18.2 Å². The first-order chi connectivity index (χ1) is 8.58. The number of hydrogen-bond acceptors (Lipinski definition) is 2. The van der Waals surface area contributed by atoms with Crippen LogP contribution < -0.4 is 10.5 Å². The first-order valence-electron chi connectivity index (χ1n) is 5.50. The third kappa shape index (κ3) is 2.59. The van der Waals surface area contributed by atoms with Gasteiger partial charge in [-0.05, 0) is 36.8 Å². The van der Waals surface area contributed by atoms with E-state index in [-0.39, 0.29) is 17.9 Å². The van der Waals surface area contributed by atoms with Crippen molar-refractivity contribution in [1.82, 2.24) is 0 Å². The molecular formula is C14H13F2NO. The zero-order valence-electron chi connectivity index (χ0n) is 9.91. The Bertz CT molecular complexity index is 549. The maximum Gasteiger partial charge on any atom is 0.165 e. The summed E-state index contributed by atoms with van der Waals surface area (Å²) < 4.78 is 32.2. The molecule has 0 bridgehead atoms. The van der Waals surface area contributed by atoms with Crippen molar-refractivity contribution in [3.8, 4) is 5.75 Å². The third-order valence-electron chi connectivity index (χ3n) is 2.61. The standard InChI is InChI=1S/C14H13F2NO/c1-9-5-6-12(16)14(7-9)18-8-10-11(15)3-2-4-13(10)17/h2-7H,8,17H2,1H3. The second kappa shape index (κ2) is 5.04. The fourth-order valence-electron chi connectivity index (χ4n) is 1.60. The van der Waals surface area contributed by atoms with Crippen molar-refractivity contribution in [2.75, 3.05) is 5.73 Å². The molecule has 0 unspecified atom stereocenters. The van der Waals surface area contributed by atoms with Crippen molar-refractivity contribution >= 4 is 5.69 Å². The summed E-state index contributed by atoms with van der Waals surface area (Å²) in [4.78, 5) is 0. The molecule has 0 saturated carbocycles. The first-order valence-corrected chi connectivity index (χ1v) is 5.50. The molecule has 2 N–H and O–H groups in total. The van der Waals surface area contributed by atoms with Gasteiger partial charge in [0, 0.05) is 11.3 Å². The molecule has 2 aromatic carbocycles. The Morgan fingerprint density at radius 2 is 1.89 bits per heavy atom. The number of ether oxygens (including phenoxy) is 1. The van der Waals surface area contributed by atoms with Gasteiger partial charge in [-0.3, -0.25) is 0 Å². The first kappa shape index (κ1) is 12.4. The molecule has 0 aliphatic heterocycles. The van der Waals surface area contributed by atoms with Crippen molar-refractivity contribution in [2.24, 2.45) is 0 Å². The van der Waals surface area contributed by atoms with Crippen LogP contribution in [0.3, 0.4) is 0 Å². The zero-order valence-corrected chi connectivity index (χ0v) is 9.91. The summed E-state index contributed by atoms with van der Waals surface area (Å²) in [7, 11) is 0. The third-order valence-corrected chi connectivity index (χ3v) is 2.61. The summed E-state index contributed by atoms with van der Waals surface area (Å²) in [6, 6.07) is 8.90. The molecule has 0 aromatic heterocycles. The van der Waals surface area contributed by atoms with E-state index in [2.05, 4.69) is 0 Å². The highest BCUT2D eigenvalue weighted by molar-refractivity contribution is 5.47. The quantitative estimate of drug-likeness (QED) is 0.846. The van der Waals surface area contributed by atoms with Crippen LogP contribution in [0.5, 0.6) is 5.75 Å². The molecule has 0 aliphatic rings. The van der Waals surface area contributed by atoms with Gasteiger partial charge in [0.15, 0.2) is 11.6 Å². The number of rotatable bonds is 3. The molecule has 18 heavy (non-hydrogen) atoms. The van der Waals surface area contributed by atoms with Gasteiger partial charge in [-0.2, -0.15) is 0 Å². The van der Waals surface area contributed by atoms with Gasteiger partial charge in [0.2, 0.25) is 0 Å². The van der Waals surface area contributed by atoms with E-state index in [9.17, 15) is 8.78 Å². The van der Waals surface area contributed by atoms with Crippen molar-refractivity contribution in [2.45, 2.75) is 13.5 Å².